The van der Waals surface area contributed by atoms with E-state index in [0.717, 1.165) is 5.56 Å². The number of rotatable bonds is 5. The minimum atomic E-state index is -0.394. The van der Waals surface area contributed by atoms with Crippen LogP contribution in [0.2, 0.25) is 0 Å². The third-order valence-electron chi connectivity index (χ3n) is 3.92. The van der Waals surface area contributed by atoms with Crippen molar-refractivity contribution in [2.75, 3.05) is 10.6 Å². The second-order valence-corrected chi connectivity index (χ2v) is 5.68. The largest absolute Gasteiger partial charge is 0.366 e. The van der Waals surface area contributed by atoms with Gasteiger partial charge in [0.1, 0.15) is 23.9 Å². The van der Waals surface area contributed by atoms with E-state index in [1.165, 1.54) is 11.9 Å². The molecule has 0 aliphatic carbocycles. The Morgan fingerprint density at radius 2 is 1.88 bits per heavy atom. The van der Waals surface area contributed by atoms with Gasteiger partial charge in [0.25, 0.3) is 5.91 Å². The average Bonchev–Trinajstić information content (AvgIpc) is 2.68. The first-order valence-electron chi connectivity index (χ1n) is 8.08. The number of para-hydroxylation sites is 1. The fraction of sp³-hybridized carbons (Fsp3) is 0.100. The molecule has 0 aliphatic rings. The van der Waals surface area contributed by atoms with Crippen molar-refractivity contribution in [3.63, 3.8) is 0 Å². The summed E-state index contributed by atoms with van der Waals surface area (Å²) < 4.78 is 0. The van der Waals surface area contributed by atoms with Gasteiger partial charge in [-0.2, -0.15) is 5.26 Å². The molecule has 3 rings (SSSR count). The van der Waals surface area contributed by atoms with Crippen LogP contribution in [0.4, 0.5) is 11.5 Å². The van der Waals surface area contributed by atoms with Crippen molar-refractivity contribution in [1.82, 2.24) is 9.97 Å². The molecule has 0 atom stereocenters. The standard InChI is InChI=1S/C20H17N5O/c1-14-6-2-3-8-16(14)12-22-19-10-18(23-13-24-19)20(26)25-17-9-5-4-7-15(17)11-21/h2-10,13H,12H2,1H3,(H,25,26)(H,22,23,24). The molecule has 1 aromatic heterocycles. The van der Waals surface area contributed by atoms with Crippen molar-refractivity contribution in [3.05, 3.63) is 83.3 Å². The van der Waals surface area contributed by atoms with Crippen LogP contribution < -0.4 is 10.6 Å². The molecule has 2 N–H and O–H groups in total. The number of benzene rings is 2. The van der Waals surface area contributed by atoms with E-state index in [0.29, 0.717) is 23.6 Å². The topological polar surface area (TPSA) is 90.7 Å². The van der Waals surface area contributed by atoms with E-state index in [2.05, 4.69) is 20.6 Å². The summed E-state index contributed by atoms with van der Waals surface area (Å²) >= 11 is 0. The van der Waals surface area contributed by atoms with Gasteiger partial charge in [0.05, 0.1) is 11.3 Å². The lowest BCUT2D eigenvalue weighted by Crippen LogP contribution is -2.15. The first kappa shape index (κ1) is 17.1. The fourth-order valence-electron chi connectivity index (χ4n) is 2.45. The second kappa shape index (κ2) is 7.90. The Morgan fingerprint density at radius 1 is 1.12 bits per heavy atom. The van der Waals surface area contributed by atoms with Gasteiger partial charge >= 0.3 is 0 Å². The maximum Gasteiger partial charge on any atom is 0.274 e. The molecule has 0 unspecified atom stereocenters. The minimum absolute atomic E-state index is 0.222. The molecule has 0 aliphatic heterocycles. The molecule has 0 fully saturated rings. The Kier molecular flexibility index (Phi) is 5.20. The summed E-state index contributed by atoms with van der Waals surface area (Å²) in [6, 6.07) is 18.5. The van der Waals surface area contributed by atoms with Gasteiger partial charge < -0.3 is 10.6 Å². The lowest BCUT2D eigenvalue weighted by atomic mass is 10.1. The highest BCUT2D eigenvalue weighted by molar-refractivity contribution is 6.03. The molecule has 1 heterocycles. The fourth-order valence-corrected chi connectivity index (χ4v) is 2.45. The van der Waals surface area contributed by atoms with Crippen molar-refractivity contribution in [1.29, 1.82) is 5.26 Å². The van der Waals surface area contributed by atoms with Crippen molar-refractivity contribution < 1.29 is 4.79 Å². The van der Waals surface area contributed by atoms with Crippen LogP contribution in [-0.4, -0.2) is 15.9 Å². The molecule has 1 amide bonds. The highest BCUT2D eigenvalue weighted by Crippen LogP contribution is 2.15. The Morgan fingerprint density at radius 3 is 2.69 bits per heavy atom. The van der Waals surface area contributed by atoms with Crippen molar-refractivity contribution >= 4 is 17.4 Å². The first-order chi connectivity index (χ1) is 12.7. The molecule has 3 aromatic rings. The number of nitrogens with zero attached hydrogens (tertiary/aromatic N) is 3. The molecule has 6 nitrogen and oxygen atoms in total. The Hall–Kier alpha value is -3.72. The third-order valence-corrected chi connectivity index (χ3v) is 3.92. The molecule has 128 valence electrons. The van der Waals surface area contributed by atoms with Crippen LogP contribution in [0.15, 0.2) is 60.9 Å². The van der Waals surface area contributed by atoms with Crippen LogP contribution in [0.3, 0.4) is 0 Å². The number of hydrogen-bond acceptors (Lipinski definition) is 5. The SMILES string of the molecule is Cc1ccccc1CNc1cc(C(=O)Nc2ccccc2C#N)ncn1. The van der Waals surface area contributed by atoms with Crippen LogP contribution in [0.25, 0.3) is 0 Å². The smallest absolute Gasteiger partial charge is 0.274 e. The number of aryl methyl sites for hydroxylation is 1. The molecular weight excluding hydrogens is 326 g/mol. The van der Waals surface area contributed by atoms with Crippen LogP contribution in [0.1, 0.15) is 27.2 Å². The average molecular weight is 343 g/mol. The minimum Gasteiger partial charge on any atom is -0.366 e. The molecule has 0 bridgehead atoms. The first-order valence-corrected chi connectivity index (χ1v) is 8.08. The summed E-state index contributed by atoms with van der Waals surface area (Å²) in [4.78, 5) is 20.6. The van der Waals surface area contributed by atoms with E-state index < -0.39 is 5.91 Å². The predicted octanol–water partition coefficient (Wildman–Crippen LogP) is 3.52. The maximum absolute atomic E-state index is 12.4. The normalized spacial score (nSPS) is 10.0. The number of aromatic nitrogens is 2. The number of carbonyl (C=O) groups is 1. The summed E-state index contributed by atoms with van der Waals surface area (Å²) in [7, 11) is 0. The summed E-state index contributed by atoms with van der Waals surface area (Å²) in [5.41, 5.74) is 3.40. The third kappa shape index (κ3) is 4.02. The number of anilines is 2. The monoisotopic (exact) mass is 343 g/mol. The van der Waals surface area contributed by atoms with E-state index in [4.69, 9.17) is 5.26 Å². The lowest BCUT2D eigenvalue weighted by molar-refractivity contribution is 0.102. The number of hydrogen-bond donors (Lipinski definition) is 2. The Bertz CT molecular complexity index is 978. The zero-order chi connectivity index (χ0) is 18.4. The highest BCUT2D eigenvalue weighted by Gasteiger charge is 2.11. The van der Waals surface area contributed by atoms with Gasteiger partial charge in [-0.3, -0.25) is 4.79 Å². The molecule has 0 spiro atoms. The molecule has 6 heteroatoms. The van der Waals surface area contributed by atoms with Gasteiger partial charge in [-0.25, -0.2) is 9.97 Å². The van der Waals surface area contributed by atoms with Crippen LogP contribution >= 0.6 is 0 Å². The van der Waals surface area contributed by atoms with Crippen LogP contribution in [-0.2, 0) is 6.54 Å². The van der Waals surface area contributed by atoms with E-state index in [1.807, 2.05) is 37.3 Å². The van der Waals surface area contributed by atoms with Gasteiger partial charge in [0.2, 0.25) is 0 Å². The number of nitrogens with one attached hydrogen (secondary N) is 2. The van der Waals surface area contributed by atoms with E-state index in [9.17, 15) is 4.79 Å². The summed E-state index contributed by atoms with van der Waals surface area (Å²) in [5.74, 6) is 0.163. The van der Waals surface area contributed by atoms with Gasteiger partial charge in [-0.05, 0) is 30.2 Å². The Balaban J connectivity index is 1.71. The molecule has 2 aromatic carbocycles. The molecular formula is C20H17N5O. The van der Waals surface area contributed by atoms with Gasteiger partial charge in [-0.15, -0.1) is 0 Å². The van der Waals surface area contributed by atoms with Gasteiger partial charge in [-0.1, -0.05) is 36.4 Å². The summed E-state index contributed by atoms with van der Waals surface area (Å²) in [6.07, 6.45) is 1.34. The summed E-state index contributed by atoms with van der Waals surface area (Å²) in [5, 5.41) is 15.0. The number of carbonyl (C=O) groups excluding carboxylic acids is 1. The maximum atomic E-state index is 12.4. The molecule has 26 heavy (non-hydrogen) atoms. The zero-order valence-electron chi connectivity index (χ0n) is 14.2. The molecule has 0 saturated carbocycles. The Labute approximate surface area is 151 Å². The van der Waals surface area contributed by atoms with Crippen LogP contribution in [0, 0.1) is 18.3 Å². The van der Waals surface area contributed by atoms with Crippen LogP contribution in [0.5, 0.6) is 0 Å². The van der Waals surface area contributed by atoms with E-state index >= 15 is 0 Å². The van der Waals surface area contributed by atoms with E-state index in [1.54, 1.807) is 30.3 Å². The van der Waals surface area contributed by atoms with Crippen molar-refractivity contribution in [2.24, 2.45) is 0 Å². The second-order valence-electron chi connectivity index (χ2n) is 5.68. The van der Waals surface area contributed by atoms with E-state index in [-0.39, 0.29) is 5.69 Å². The van der Waals surface area contributed by atoms with Crippen molar-refractivity contribution in [3.8, 4) is 6.07 Å². The quantitative estimate of drug-likeness (QED) is 0.739. The molecule has 0 radical (unpaired) electrons. The molecule has 0 saturated heterocycles. The highest BCUT2D eigenvalue weighted by atomic mass is 16.1. The van der Waals surface area contributed by atoms with Crippen molar-refractivity contribution in [2.45, 2.75) is 13.5 Å². The lowest BCUT2D eigenvalue weighted by Gasteiger charge is -2.10. The van der Waals surface area contributed by atoms with Gasteiger partial charge in [0.15, 0.2) is 0 Å². The predicted molar refractivity (Wildman–Crippen MR) is 99.6 cm³/mol. The number of amides is 1. The summed E-state index contributed by atoms with van der Waals surface area (Å²) in [6.45, 7) is 2.64. The van der Waals surface area contributed by atoms with Gasteiger partial charge in [0, 0.05) is 12.6 Å². The number of nitriles is 1. The zero-order valence-corrected chi connectivity index (χ0v) is 14.2.